The van der Waals surface area contributed by atoms with Crippen molar-refractivity contribution in [2.75, 3.05) is 54.6 Å². The summed E-state index contributed by atoms with van der Waals surface area (Å²) in [7, 11) is -2.02. The predicted molar refractivity (Wildman–Crippen MR) is 170 cm³/mol. The topological polar surface area (TPSA) is 48.0 Å². The van der Waals surface area contributed by atoms with Gasteiger partial charge in [-0.2, -0.15) is 0 Å². The molecule has 0 saturated carbocycles. The maximum absolute atomic E-state index is 12.5. The number of amides is 1. The first kappa shape index (κ1) is 33.3. The molecule has 2 rings (SSSR count). The number of para-hydroxylation sites is 1. The van der Waals surface area contributed by atoms with Crippen molar-refractivity contribution in [2.45, 2.75) is 91.8 Å². The maximum atomic E-state index is 12.5. The molecular weight excluding hydrogens is 514 g/mol. The Balaban J connectivity index is 1.77. The van der Waals surface area contributed by atoms with Gasteiger partial charge in [-0.25, -0.2) is 4.79 Å². The molecule has 2 unspecified atom stereocenters. The van der Waals surface area contributed by atoms with E-state index in [0.717, 1.165) is 24.3 Å². The summed E-state index contributed by atoms with van der Waals surface area (Å²) in [5, 5.41) is 0. The molecule has 0 radical (unpaired) electrons. The number of ether oxygens (including phenoxy) is 2. The molecule has 1 heterocycles. The van der Waals surface area contributed by atoms with E-state index in [9.17, 15) is 4.79 Å². The summed E-state index contributed by atoms with van der Waals surface area (Å²) in [6.07, 6.45) is 16.1. The van der Waals surface area contributed by atoms with Crippen molar-refractivity contribution >= 4 is 32.4 Å². The van der Waals surface area contributed by atoms with Crippen LogP contribution in [0.2, 0.25) is 0 Å². The Morgan fingerprint density at radius 3 is 2.32 bits per heavy atom. The molecule has 2 atom stereocenters. The Morgan fingerprint density at radius 1 is 1.03 bits per heavy atom. The Labute approximate surface area is 237 Å². The lowest BCUT2D eigenvalue weighted by molar-refractivity contribution is -0.0860. The minimum Gasteiger partial charge on any atom is -0.443 e. The highest BCUT2D eigenvalue weighted by Gasteiger charge is 2.43. The SMILES string of the molecule is CCCCCS(C)(C)OS(C)(C)CC(C)CCCC(C)(C)OCC(C)(C)C1CN(c2ccccc2)C(=O)O1. The lowest BCUT2D eigenvalue weighted by atomic mass is 9.86. The van der Waals surface area contributed by atoms with Crippen molar-refractivity contribution in [3.8, 4) is 0 Å². The second-order valence-corrected chi connectivity index (χ2v) is 20.4. The third-order valence-corrected chi connectivity index (χ3v) is 12.9. The number of nitrogens with zero attached hydrogens (tertiary/aromatic N) is 1. The Hall–Kier alpha value is -0.890. The quantitative estimate of drug-likeness (QED) is 0.175. The number of unbranched alkanes of at least 4 members (excludes halogenated alkanes) is 2. The zero-order valence-corrected chi connectivity index (χ0v) is 27.6. The van der Waals surface area contributed by atoms with Crippen LogP contribution < -0.4 is 4.90 Å². The van der Waals surface area contributed by atoms with E-state index in [-0.39, 0.29) is 23.2 Å². The van der Waals surface area contributed by atoms with E-state index in [4.69, 9.17) is 13.1 Å². The first-order chi connectivity index (χ1) is 17.6. The van der Waals surface area contributed by atoms with Crippen molar-refractivity contribution in [3.05, 3.63) is 30.3 Å². The van der Waals surface area contributed by atoms with Crippen molar-refractivity contribution in [1.29, 1.82) is 0 Å². The summed E-state index contributed by atoms with van der Waals surface area (Å²) in [4.78, 5) is 14.3. The molecule has 1 aliphatic heterocycles. The molecule has 1 aliphatic rings. The molecular formula is C31H57NO4S2. The van der Waals surface area contributed by atoms with Gasteiger partial charge in [0.15, 0.2) is 0 Å². The van der Waals surface area contributed by atoms with Gasteiger partial charge in [0, 0.05) is 16.9 Å². The van der Waals surface area contributed by atoms with Gasteiger partial charge < -0.3 is 9.47 Å². The second-order valence-electron chi connectivity index (χ2n) is 13.4. The third kappa shape index (κ3) is 11.3. The number of hydrogen-bond donors (Lipinski definition) is 0. The van der Waals surface area contributed by atoms with Crippen LogP contribution >= 0.6 is 20.6 Å². The molecule has 0 aromatic heterocycles. The van der Waals surface area contributed by atoms with E-state index < -0.39 is 20.6 Å². The minimum absolute atomic E-state index is 0.204. The highest BCUT2D eigenvalue weighted by molar-refractivity contribution is 8.40. The summed E-state index contributed by atoms with van der Waals surface area (Å²) < 4.78 is 19.0. The smallest absolute Gasteiger partial charge is 0.414 e. The van der Waals surface area contributed by atoms with Gasteiger partial charge in [-0.15, -0.1) is 20.6 Å². The molecule has 0 aliphatic carbocycles. The fourth-order valence-corrected chi connectivity index (χ4v) is 12.1. The number of cyclic esters (lactones) is 1. The van der Waals surface area contributed by atoms with E-state index in [2.05, 4.69) is 66.6 Å². The van der Waals surface area contributed by atoms with Gasteiger partial charge in [0.2, 0.25) is 0 Å². The molecule has 5 nitrogen and oxygen atoms in total. The highest BCUT2D eigenvalue weighted by atomic mass is 32.3. The number of anilines is 1. The summed E-state index contributed by atoms with van der Waals surface area (Å²) in [5.74, 6) is 3.02. The first-order valence-electron chi connectivity index (χ1n) is 14.4. The summed E-state index contributed by atoms with van der Waals surface area (Å²) in [5.41, 5.74) is 0.382. The van der Waals surface area contributed by atoms with Crippen molar-refractivity contribution in [1.82, 2.24) is 0 Å². The Bertz CT molecular complexity index is 857. The predicted octanol–water partition coefficient (Wildman–Crippen LogP) is 8.80. The zero-order valence-electron chi connectivity index (χ0n) is 26.0. The van der Waals surface area contributed by atoms with Crippen LogP contribution in [0.15, 0.2) is 30.3 Å². The van der Waals surface area contributed by atoms with Crippen LogP contribution in [0, 0.1) is 11.3 Å². The molecule has 0 spiro atoms. The lowest BCUT2D eigenvalue weighted by Crippen LogP contribution is -2.40. The minimum atomic E-state index is -1.05. The largest absolute Gasteiger partial charge is 0.443 e. The lowest BCUT2D eigenvalue weighted by Gasteiger charge is -2.44. The van der Waals surface area contributed by atoms with E-state index in [1.54, 1.807) is 4.90 Å². The average molecular weight is 572 g/mol. The molecule has 0 N–H and O–H groups in total. The van der Waals surface area contributed by atoms with Crippen LogP contribution in [0.25, 0.3) is 0 Å². The summed E-state index contributed by atoms with van der Waals surface area (Å²) in [6.45, 7) is 14.4. The van der Waals surface area contributed by atoms with Crippen LogP contribution in [-0.2, 0) is 13.1 Å². The maximum Gasteiger partial charge on any atom is 0.414 e. The first-order valence-corrected chi connectivity index (χ1v) is 19.4. The Morgan fingerprint density at radius 2 is 1.68 bits per heavy atom. The van der Waals surface area contributed by atoms with Crippen molar-refractivity contribution in [3.63, 3.8) is 0 Å². The molecule has 222 valence electrons. The number of carbonyl (C=O) groups is 1. The number of hydrogen-bond acceptors (Lipinski definition) is 4. The van der Waals surface area contributed by atoms with Gasteiger partial charge in [0.25, 0.3) is 0 Å². The van der Waals surface area contributed by atoms with E-state index in [1.807, 2.05) is 30.3 Å². The van der Waals surface area contributed by atoms with E-state index in [0.29, 0.717) is 19.1 Å². The fraction of sp³-hybridized carbons (Fsp3) is 0.774. The summed E-state index contributed by atoms with van der Waals surface area (Å²) >= 11 is 0. The average Bonchev–Trinajstić information content (AvgIpc) is 3.20. The van der Waals surface area contributed by atoms with Gasteiger partial charge in [-0.3, -0.25) is 8.53 Å². The molecule has 1 fully saturated rings. The number of rotatable bonds is 17. The highest BCUT2D eigenvalue weighted by Crippen LogP contribution is 2.58. The second kappa shape index (κ2) is 14.1. The van der Waals surface area contributed by atoms with Crippen molar-refractivity contribution in [2.24, 2.45) is 11.3 Å². The summed E-state index contributed by atoms with van der Waals surface area (Å²) in [6, 6.07) is 9.73. The fourth-order valence-electron chi connectivity index (χ4n) is 5.14. The van der Waals surface area contributed by atoms with Crippen LogP contribution in [-0.4, -0.2) is 67.5 Å². The van der Waals surface area contributed by atoms with Gasteiger partial charge in [0.1, 0.15) is 6.10 Å². The molecule has 1 aromatic rings. The van der Waals surface area contributed by atoms with E-state index >= 15 is 0 Å². The monoisotopic (exact) mass is 571 g/mol. The third-order valence-electron chi connectivity index (χ3n) is 7.36. The van der Waals surface area contributed by atoms with Gasteiger partial charge in [-0.1, -0.05) is 65.2 Å². The molecule has 38 heavy (non-hydrogen) atoms. The van der Waals surface area contributed by atoms with Crippen LogP contribution in [0.3, 0.4) is 0 Å². The van der Waals surface area contributed by atoms with Gasteiger partial charge >= 0.3 is 6.09 Å². The molecule has 1 saturated heterocycles. The van der Waals surface area contributed by atoms with Gasteiger partial charge in [0.05, 0.1) is 18.8 Å². The van der Waals surface area contributed by atoms with Gasteiger partial charge in [-0.05, 0) is 81.9 Å². The molecule has 7 heteroatoms. The van der Waals surface area contributed by atoms with Crippen LogP contribution in [0.4, 0.5) is 10.5 Å². The number of benzene rings is 1. The van der Waals surface area contributed by atoms with Crippen LogP contribution in [0.1, 0.15) is 80.1 Å². The molecule has 1 amide bonds. The van der Waals surface area contributed by atoms with Crippen molar-refractivity contribution < 1.29 is 17.9 Å². The van der Waals surface area contributed by atoms with Crippen LogP contribution in [0.5, 0.6) is 0 Å². The number of carbonyl (C=O) groups excluding carboxylic acids is 1. The standard InChI is InChI=1S/C31H57NO4S2/c1-11-12-16-22-37(7,8)36-38(9,10)24-26(2)18-17-21-31(5,6)34-25-30(3,4)28-23-32(29(33)35-28)27-19-14-13-15-20-27/h13-15,19-20,26,28H,11-12,16-18,21-25H2,1-10H3. The van der Waals surface area contributed by atoms with E-state index in [1.165, 1.54) is 31.4 Å². The molecule has 0 bridgehead atoms. The Kier molecular flexibility index (Phi) is 12.4. The normalized spacial score (nSPS) is 18.9. The molecule has 1 aromatic carbocycles. The zero-order chi connectivity index (χ0) is 28.6.